The summed E-state index contributed by atoms with van der Waals surface area (Å²) in [5, 5.41) is 9.25. The molecule has 1 aliphatic rings. The molecule has 0 fully saturated rings. The van der Waals surface area contributed by atoms with E-state index < -0.39 is 35.5 Å². The summed E-state index contributed by atoms with van der Waals surface area (Å²) in [5.74, 6) is -3.24. The molecule has 0 spiro atoms. The number of anilines is 1. The number of nitrogens with zero attached hydrogens (tertiary/aromatic N) is 4. The summed E-state index contributed by atoms with van der Waals surface area (Å²) in [6.07, 6.45) is 1.90. The van der Waals surface area contributed by atoms with Crippen LogP contribution < -0.4 is 14.6 Å². The average molecular weight is 726 g/mol. The zero-order valence-electron chi connectivity index (χ0n) is 25.0. The molecule has 5 rings (SSSR count). The van der Waals surface area contributed by atoms with Crippen molar-refractivity contribution in [2.45, 2.75) is 43.8 Å². The predicted molar refractivity (Wildman–Crippen MR) is 177 cm³/mol. The number of hydrogen-bond donors (Lipinski definition) is 1. The Kier molecular flexibility index (Phi) is 12.4. The second-order valence-corrected chi connectivity index (χ2v) is 12.7. The molecular weight excluding hydrogens is 697 g/mol. The lowest BCUT2D eigenvalue weighted by Crippen LogP contribution is -2.43. The number of aliphatic carboxylic acids is 1. The van der Waals surface area contributed by atoms with E-state index in [1.807, 2.05) is 0 Å². The molecule has 1 aliphatic heterocycles. The van der Waals surface area contributed by atoms with Gasteiger partial charge in [0.05, 0.1) is 22.9 Å². The highest BCUT2D eigenvalue weighted by Crippen LogP contribution is 2.33. The Balaban J connectivity index is 0.000000215. The van der Waals surface area contributed by atoms with Crippen LogP contribution in [0.4, 0.5) is 20.2 Å². The van der Waals surface area contributed by atoms with Gasteiger partial charge >= 0.3 is 16.8 Å². The fourth-order valence-corrected chi connectivity index (χ4v) is 6.57. The van der Waals surface area contributed by atoms with E-state index in [4.69, 9.17) is 23.2 Å². The zero-order chi connectivity index (χ0) is 34.2. The van der Waals surface area contributed by atoms with Crippen LogP contribution >= 0.6 is 46.3 Å². The SMILES string of the molecule is COC(=O)CSc1cc(/N=c2\sc(=O)n3n2CCCC3)c(F)cc1Cl.C[C@H](C(=O)O)N(C(=O)c1ccccc1)c1ccc(F)c(Cl)c1. The van der Waals surface area contributed by atoms with E-state index in [0.717, 1.165) is 53.0 Å². The summed E-state index contributed by atoms with van der Waals surface area (Å²) in [5.41, 5.74) is 0.630. The third-order valence-corrected chi connectivity index (χ3v) is 9.46. The Morgan fingerprint density at radius 3 is 2.34 bits per heavy atom. The van der Waals surface area contributed by atoms with Crippen LogP contribution in [-0.2, 0) is 27.4 Å². The third kappa shape index (κ3) is 8.89. The second kappa shape index (κ2) is 16.2. The number of esters is 1. The Morgan fingerprint density at radius 2 is 1.70 bits per heavy atom. The molecule has 0 saturated heterocycles. The van der Waals surface area contributed by atoms with E-state index in [1.165, 1.54) is 32.2 Å². The molecule has 0 bridgehead atoms. The number of carbonyl (C=O) groups excluding carboxylic acids is 2. The van der Waals surface area contributed by atoms with Crippen LogP contribution in [0.2, 0.25) is 10.0 Å². The molecule has 1 atom stereocenters. The van der Waals surface area contributed by atoms with Crippen LogP contribution in [-0.4, -0.2) is 51.2 Å². The standard InChI is InChI=1S/C16H13ClFNO3.C15H15ClFN3O3S2/c1-10(16(21)22)19(12-7-8-14(18)13(17)9-12)15(20)11-5-3-2-4-6-11;1-23-13(21)8-24-12-7-11(10(17)6-9(12)16)18-14-19-4-2-3-5-20(19)15(22)25-14/h2-10H,1H3,(H,21,22);6-7H,2-5,8H2,1H3/b;18-14-/t10-;/m1./s1. The smallest absolute Gasteiger partial charge is 0.326 e. The minimum atomic E-state index is -1.18. The normalized spacial score (nSPS) is 13.2. The molecule has 0 unspecified atom stereocenters. The quantitative estimate of drug-likeness (QED) is 0.165. The largest absolute Gasteiger partial charge is 0.480 e. The number of rotatable bonds is 8. The molecule has 0 aliphatic carbocycles. The highest BCUT2D eigenvalue weighted by atomic mass is 35.5. The molecule has 4 aromatic rings. The molecule has 10 nitrogen and oxygen atoms in total. The van der Waals surface area contributed by atoms with Crippen LogP contribution in [0.3, 0.4) is 0 Å². The molecule has 248 valence electrons. The maximum atomic E-state index is 14.3. The first-order valence-corrected chi connectivity index (χ1v) is 16.6. The Morgan fingerprint density at radius 1 is 1.02 bits per heavy atom. The van der Waals surface area contributed by atoms with Crippen LogP contribution in [0.1, 0.15) is 30.1 Å². The zero-order valence-corrected chi connectivity index (χ0v) is 28.1. The lowest BCUT2D eigenvalue weighted by molar-refractivity contribution is -0.138. The summed E-state index contributed by atoms with van der Waals surface area (Å²) in [6, 6.07) is 13.4. The predicted octanol–water partition coefficient (Wildman–Crippen LogP) is 6.39. The van der Waals surface area contributed by atoms with Crippen molar-refractivity contribution in [1.82, 2.24) is 9.36 Å². The average Bonchev–Trinajstić information content (AvgIpc) is 3.38. The lowest BCUT2D eigenvalue weighted by atomic mass is 10.1. The van der Waals surface area contributed by atoms with Gasteiger partial charge in [-0.05, 0) is 73.6 Å². The third-order valence-electron chi connectivity index (χ3n) is 6.85. The van der Waals surface area contributed by atoms with Gasteiger partial charge in [-0.15, -0.1) is 11.8 Å². The molecule has 2 heterocycles. The fraction of sp³-hybridized carbons (Fsp3) is 0.258. The van der Waals surface area contributed by atoms with Crippen molar-refractivity contribution in [2.24, 2.45) is 4.99 Å². The fourth-order valence-electron chi connectivity index (χ4n) is 4.41. The van der Waals surface area contributed by atoms with E-state index in [1.54, 1.807) is 39.7 Å². The van der Waals surface area contributed by atoms with Gasteiger partial charge in [-0.3, -0.25) is 24.0 Å². The van der Waals surface area contributed by atoms with Crippen molar-refractivity contribution in [1.29, 1.82) is 0 Å². The van der Waals surface area contributed by atoms with Gasteiger partial charge in [0.15, 0.2) is 0 Å². The van der Waals surface area contributed by atoms with Crippen molar-refractivity contribution >= 4 is 75.5 Å². The van der Waals surface area contributed by atoms with Crippen LogP contribution in [0.15, 0.2) is 75.3 Å². The maximum absolute atomic E-state index is 14.3. The molecule has 0 saturated carbocycles. The minimum Gasteiger partial charge on any atom is -0.480 e. The van der Waals surface area contributed by atoms with Crippen LogP contribution in [0, 0.1) is 11.6 Å². The molecule has 16 heteroatoms. The monoisotopic (exact) mass is 724 g/mol. The van der Waals surface area contributed by atoms with Crippen molar-refractivity contribution in [3.63, 3.8) is 0 Å². The van der Waals surface area contributed by atoms with Gasteiger partial charge in [0.1, 0.15) is 23.4 Å². The summed E-state index contributed by atoms with van der Waals surface area (Å²) in [4.78, 5) is 53.5. The number of benzene rings is 3. The van der Waals surface area contributed by atoms with E-state index in [9.17, 15) is 33.1 Å². The van der Waals surface area contributed by atoms with Gasteiger partial charge in [-0.1, -0.05) is 41.4 Å². The molecule has 3 aromatic carbocycles. The van der Waals surface area contributed by atoms with Crippen molar-refractivity contribution < 1.29 is 33.0 Å². The van der Waals surface area contributed by atoms with Gasteiger partial charge in [0.2, 0.25) is 4.80 Å². The number of ether oxygens (including phenoxy) is 1. The molecule has 0 radical (unpaired) electrons. The van der Waals surface area contributed by atoms with Gasteiger partial charge in [-0.2, -0.15) is 0 Å². The number of aromatic nitrogens is 2. The van der Waals surface area contributed by atoms with Crippen molar-refractivity contribution in [3.8, 4) is 0 Å². The van der Waals surface area contributed by atoms with Crippen molar-refractivity contribution in [2.75, 3.05) is 17.8 Å². The number of amides is 1. The number of carboxylic acids is 1. The Labute approximate surface area is 285 Å². The number of halogens is 4. The lowest BCUT2D eigenvalue weighted by Gasteiger charge is -2.27. The minimum absolute atomic E-state index is 0.0605. The number of fused-ring (bicyclic) bond motifs is 1. The molecule has 47 heavy (non-hydrogen) atoms. The summed E-state index contributed by atoms with van der Waals surface area (Å²) < 4.78 is 35.5. The van der Waals surface area contributed by atoms with Gasteiger partial charge in [0, 0.05) is 29.2 Å². The molecule has 1 aromatic heterocycles. The van der Waals surface area contributed by atoms with Crippen LogP contribution in [0.5, 0.6) is 0 Å². The number of carboxylic acid groups (broad SMARTS) is 1. The highest BCUT2D eigenvalue weighted by molar-refractivity contribution is 8.00. The number of carbonyl (C=O) groups is 3. The Bertz CT molecular complexity index is 1920. The second-order valence-electron chi connectivity index (χ2n) is 9.97. The van der Waals surface area contributed by atoms with Gasteiger partial charge in [0.25, 0.3) is 5.91 Å². The first-order valence-electron chi connectivity index (χ1n) is 14.0. The maximum Gasteiger partial charge on any atom is 0.326 e. The number of thioether (sulfide) groups is 1. The number of hydrogen-bond acceptors (Lipinski definition) is 8. The van der Waals surface area contributed by atoms with E-state index >= 15 is 0 Å². The van der Waals surface area contributed by atoms with Crippen LogP contribution in [0.25, 0.3) is 0 Å². The topological polar surface area (TPSA) is 123 Å². The summed E-state index contributed by atoms with van der Waals surface area (Å²) in [7, 11) is 1.30. The summed E-state index contributed by atoms with van der Waals surface area (Å²) in [6.45, 7) is 2.70. The van der Waals surface area contributed by atoms with Crippen molar-refractivity contribution in [3.05, 3.63) is 102 Å². The van der Waals surface area contributed by atoms with E-state index in [2.05, 4.69) is 9.73 Å². The first kappa shape index (κ1) is 35.9. The molecular formula is C31H28Cl2F2N4O6S2. The number of methoxy groups -OCH3 is 1. The summed E-state index contributed by atoms with van der Waals surface area (Å²) >= 11 is 13.9. The van der Waals surface area contributed by atoms with Gasteiger partial charge < -0.3 is 9.84 Å². The van der Waals surface area contributed by atoms with E-state index in [0.29, 0.717) is 28.3 Å². The highest BCUT2D eigenvalue weighted by Gasteiger charge is 2.28. The molecule has 1 N–H and O–H groups in total. The van der Waals surface area contributed by atoms with E-state index in [-0.39, 0.29) is 32.0 Å². The first-order chi connectivity index (χ1) is 22.4. The molecule has 1 amide bonds. The van der Waals surface area contributed by atoms with Gasteiger partial charge in [-0.25, -0.2) is 23.2 Å². The Hall–Kier alpha value is -3.98.